The topological polar surface area (TPSA) is 52.6 Å². The van der Waals surface area contributed by atoms with Crippen LogP contribution in [0.3, 0.4) is 0 Å². The molecular formula is C48H62O4. The summed E-state index contributed by atoms with van der Waals surface area (Å²) in [5.41, 5.74) is 3.89. The standard InChI is InChI=1S/C48H62O4/c1-33(2)36-24-29-48(32-51-41(49)22-18-34-14-10-8-11-15-34)31-30-46(6)37(43(36)48)20-21-39-45(5)27-26-40(44(3,4)38(45)25-28-47(39,46)7)52-42(50)23-19-35-16-12-9-13-17-35/h8-19,22-23,36-40,43H,1,20-21,24-32H2,2-7H3/b22-18+,23-19+/t36-,37+,38+,39+,40-,43+,45-,46+,47+,48+/m0/s1. The minimum absolute atomic E-state index is 0.0211. The fourth-order valence-electron chi connectivity index (χ4n) is 13.6. The van der Waals surface area contributed by atoms with Crippen molar-refractivity contribution in [3.05, 3.63) is 96.1 Å². The monoisotopic (exact) mass is 702 g/mol. The van der Waals surface area contributed by atoms with Crippen molar-refractivity contribution in [2.24, 2.45) is 56.7 Å². The molecule has 0 spiro atoms. The molecule has 0 N–H and O–H groups in total. The lowest BCUT2D eigenvalue weighted by atomic mass is 9.32. The Kier molecular flexibility index (Phi) is 9.79. The third-order valence-electron chi connectivity index (χ3n) is 16.4. The van der Waals surface area contributed by atoms with Crippen molar-refractivity contribution in [3.63, 3.8) is 0 Å². The molecule has 7 rings (SSSR count). The molecule has 0 amide bonds. The molecular weight excluding hydrogens is 641 g/mol. The van der Waals surface area contributed by atoms with E-state index < -0.39 is 0 Å². The van der Waals surface area contributed by atoms with Gasteiger partial charge in [0.2, 0.25) is 0 Å². The average molecular weight is 703 g/mol. The number of hydrogen-bond acceptors (Lipinski definition) is 4. The van der Waals surface area contributed by atoms with Crippen LogP contribution in [0.1, 0.15) is 117 Å². The van der Waals surface area contributed by atoms with Gasteiger partial charge in [0.15, 0.2) is 0 Å². The fourth-order valence-corrected chi connectivity index (χ4v) is 13.6. The molecule has 2 aromatic carbocycles. The maximum Gasteiger partial charge on any atom is 0.331 e. The van der Waals surface area contributed by atoms with Crippen LogP contribution >= 0.6 is 0 Å². The van der Waals surface area contributed by atoms with Crippen LogP contribution in [-0.2, 0) is 19.1 Å². The molecule has 0 saturated heterocycles. The van der Waals surface area contributed by atoms with E-state index >= 15 is 0 Å². The first kappa shape index (κ1) is 36.9. The summed E-state index contributed by atoms with van der Waals surface area (Å²) < 4.78 is 12.5. The minimum Gasteiger partial charge on any atom is -0.462 e. The molecule has 0 bridgehead atoms. The third-order valence-corrected chi connectivity index (χ3v) is 16.4. The predicted octanol–water partition coefficient (Wildman–Crippen LogP) is 11.5. The first-order valence-corrected chi connectivity index (χ1v) is 20.2. The molecule has 0 heterocycles. The van der Waals surface area contributed by atoms with E-state index in [-0.39, 0.29) is 45.1 Å². The molecule has 2 aromatic rings. The number of fused-ring (bicyclic) bond motifs is 7. The Labute approximate surface area is 313 Å². The van der Waals surface area contributed by atoms with Gasteiger partial charge in [0.1, 0.15) is 6.10 Å². The van der Waals surface area contributed by atoms with E-state index in [2.05, 4.69) is 48.1 Å². The molecule has 4 nitrogen and oxygen atoms in total. The molecule has 5 aliphatic rings. The SMILES string of the molecule is C=C(C)[C@@H]1CC[C@]2(COC(=O)/C=C/c3ccccc3)CC[C@]3(C)[C@H](CC[C@@H]4[C@@]5(C)CC[C@H](OC(=O)/C=C/c6ccccc6)C(C)(C)[C@H]5CC[C@]43C)[C@@H]12. The third kappa shape index (κ3) is 6.14. The van der Waals surface area contributed by atoms with E-state index in [4.69, 9.17) is 9.47 Å². The zero-order valence-electron chi connectivity index (χ0n) is 32.7. The molecule has 0 aromatic heterocycles. The Morgan fingerprint density at radius 1 is 0.712 bits per heavy atom. The molecule has 0 radical (unpaired) electrons. The smallest absolute Gasteiger partial charge is 0.331 e. The van der Waals surface area contributed by atoms with Gasteiger partial charge in [-0.15, -0.1) is 0 Å². The van der Waals surface area contributed by atoms with Gasteiger partial charge in [-0.25, -0.2) is 9.59 Å². The van der Waals surface area contributed by atoms with Crippen molar-refractivity contribution in [2.75, 3.05) is 6.61 Å². The Morgan fingerprint density at radius 2 is 1.35 bits per heavy atom. The number of carbonyl (C=O) groups is 2. The first-order chi connectivity index (χ1) is 24.7. The lowest BCUT2D eigenvalue weighted by Crippen LogP contribution is -2.67. The number of ether oxygens (including phenoxy) is 2. The quantitative estimate of drug-likeness (QED) is 0.156. The van der Waals surface area contributed by atoms with Crippen LogP contribution < -0.4 is 0 Å². The van der Waals surface area contributed by atoms with Crippen molar-refractivity contribution >= 4 is 24.1 Å². The Hall–Kier alpha value is -3.40. The number of allylic oxidation sites excluding steroid dienone is 1. The van der Waals surface area contributed by atoms with Crippen LogP contribution in [0.5, 0.6) is 0 Å². The van der Waals surface area contributed by atoms with Crippen LogP contribution in [0.2, 0.25) is 0 Å². The van der Waals surface area contributed by atoms with E-state index in [0.717, 1.165) is 43.2 Å². The minimum atomic E-state index is -0.234. The summed E-state index contributed by atoms with van der Waals surface area (Å²) in [6.07, 6.45) is 18.3. The van der Waals surface area contributed by atoms with Gasteiger partial charge >= 0.3 is 11.9 Å². The summed E-state index contributed by atoms with van der Waals surface area (Å²) in [7, 11) is 0. The maximum absolute atomic E-state index is 13.1. The highest BCUT2D eigenvalue weighted by atomic mass is 16.5. The van der Waals surface area contributed by atoms with E-state index in [1.165, 1.54) is 37.7 Å². The van der Waals surface area contributed by atoms with Gasteiger partial charge in [0.25, 0.3) is 0 Å². The van der Waals surface area contributed by atoms with Crippen LogP contribution in [0.25, 0.3) is 12.2 Å². The van der Waals surface area contributed by atoms with Gasteiger partial charge in [-0.3, -0.25) is 0 Å². The second-order valence-corrected chi connectivity index (χ2v) is 18.9. The number of hydrogen-bond donors (Lipinski definition) is 0. The highest BCUT2D eigenvalue weighted by Crippen LogP contribution is 2.77. The van der Waals surface area contributed by atoms with E-state index in [9.17, 15) is 9.59 Å². The lowest BCUT2D eigenvalue weighted by molar-refractivity contribution is -0.251. The van der Waals surface area contributed by atoms with E-state index in [0.29, 0.717) is 36.2 Å². The van der Waals surface area contributed by atoms with Gasteiger partial charge in [0, 0.05) is 23.0 Å². The second-order valence-electron chi connectivity index (χ2n) is 18.9. The summed E-state index contributed by atoms with van der Waals surface area (Å²) in [4.78, 5) is 26.2. The van der Waals surface area contributed by atoms with Crippen molar-refractivity contribution < 1.29 is 19.1 Å². The summed E-state index contributed by atoms with van der Waals surface area (Å²) in [6.45, 7) is 20.0. The van der Waals surface area contributed by atoms with Crippen LogP contribution in [0.15, 0.2) is 85.0 Å². The first-order valence-electron chi connectivity index (χ1n) is 20.2. The van der Waals surface area contributed by atoms with Crippen molar-refractivity contribution in [2.45, 2.75) is 112 Å². The number of esters is 2. The predicted molar refractivity (Wildman–Crippen MR) is 211 cm³/mol. The van der Waals surface area contributed by atoms with Gasteiger partial charge in [-0.1, -0.05) is 107 Å². The van der Waals surface area contributed by atoms with Crippen LogP contribution in [-0.4, -0.2) is 24.6 Å². The highest BCUT2D eigenvalue weighted by Gasteiger charge is 2.71. The van der Waals surface area contributed by atoms with Crippen LogP contribution in [0.4, 0.5) is 0 Å². The van der Waals surface area contributed by atoms with Gasteiger partial charge in [0.05, 0.1) is 6.61 Å². The average Bonchev–Trinajstić information content (AvgIpc) is 3.52. The number of benzene rings is 2. The maximum atomic E-state index is 13.1. The largest absolute Gasteiger partial charge is 0.462 e. The fraction of sp³-hybridized carbons (Fsp3) is 0.583. The van der Waals surface area contributed by atoms with Crippen molar-refractivity contribution in [3.8, 4) is 0 Å². The van der Waals surface area contributed by atoms with Gasteiger partial charge in [-0.2, -0.15) is 0 Å². The summed E-state index contributed by atoms with van der Waals surface area (Å²) in [5.74, 6) is 2.24. The Morgan fingerprint density at radius 3 is 1.98 bits per heavy atom. The molecule has 0 unspecified atom stereocenters. The normalized spacial score (nSPS) is 39.2. The number of carbonyl (C=O) groups excluding carboxylic acids is 2. The van der Waals surface area contributed by atoms with Gasteiger partial charge in [-0.05, 0) is 140 Å². The van der Waals surface area contributed by atoms with E-state index in [1.807, 2.05) is 72.8 Å². The second kappa shape index (κ2) is 13.8. The molecule has 10 atom stereocenters. The summed E-state index contributed by atoms with van der Waals surface area (Å²) >= 11 is 0. The molecule has 5 aliphatic carbocycles. The molecule has 5 fully saturated rings. The van der Waals surface area contributed by atoms with Crippen molar-refractivity contribution in [1.82, 2.24) is 0 Å². The Balaban J connectivity index is 1.09. The highest BCUT2D eigenvalue weighted by molar-refractivity contribution is 5.87. The van der Waals surface area contributed by atoms with Crippen LogP contribution in [0, 0.1) is 56.7 Å². The summed E-state index contributed by atoms with van der Waals surface area (Å²) in [5, 5.41) is 0. The molecule has 0 aliphatic heterocycles. The molecule has 5 saturated carbocycles. The summed E-state index contributed by atoms with van der Waals surface area (Å²) in [6, 6.07) is 19.9. The number of rotatable bonds is 8. The van der Waals surface area contributed by atoms with Crippen molar-refractivity contribution in [1.29, 1.82) is 0 Å². The lowest BCUT2D eigenvalue weighted by Gasteiger charge is -2.73. The zero-order chi connectivity index (χ0) is 36.9. The zero-order valence-corrected chi connectivity index (χ0v) is 32.7. The molecule has 52 heavy (non-hydrogen) atoms. The van der Waals surface area contributed by atoms with Gasteiger partial charge < -0.3 is 9.47 Å². The molecule has 4 heteroatoms. The van der Waals surface area contributed by atoms with E-state index in [1.54, 1.807) is 12.2 Å². The Bertz CT molecular complexity index is 1710. The molecule has 278 valence electrons.